The fourth-order valence-electron chi connectivity index (χ4n) is 4.76. The lowest BCUT2D eigenvalue weighted by atomic mass is 9.90. The summed E-state index contributed by atoms with van der Waals surface area (Å²) < 4.78 is 17.7. The molecule has 9 heteroatoms. The number of nitrogens with one attached hydrogen (secondary N) is 2. The van der Waals surface area contributed by atoms with Crippen molar-refractivity contribution >= 4 is 23.2 Å². The SMILES string of the molecule is Cc1ccc(NC(=O)c2cc(OC3CC3)cnn2)cc1-c1ccc2c(c1)OC1(CCOCC1)CC(=O)N2. The monoisotopic (exact) mass is 500 g/mol. The molecule has 1 saturated carbocycles. The van der Waals surface area contributed by atoms with Crippen molar-refractivity contribution < 1.29 is 23.8 Å². The molecule has 2 fully saturated rings. The van der Waals surface area contributed by atoms with Crippen LogP contribution in [0.15, 0.2) is 48.7 Å². The molecule has 3 aromatic rings. The van der Waals surface area contributed by atoms with Gasteiger partial charge in [0, 0.05) is 24.6 Å². The molecular formula is C28H28N4O5. The zero-order valence-corrected chi connectivity index (χ0v) is 20.6. The number of anilines is 2. The number of hydrogen-bond acceptors (Lipinski definition) is 7. The van der Waals surface area contributed by atoms with Crippen molar-refractivity contribution in [3.05, 3.63) is 59.9 Å². The Morgan fingerprint density at radius 1 is 1.14 bits per heavy atom. The Labute approximate surface area is 214 Å². The van der Waals surface area contributed by atoms with Crippen LogP contribution < -0.4 is 20.1 Å². The molecule has 1 aliphatic carbocycles. The number of aromatic nitrogens is 2. The third kappa shape index (κ3) is 5.13. The number of hydrogen-bond donors (Lipinski definition) is 2. The highest BCUT2D eigenvalue weighted by molar-refractivity contribution is 6.03. The largest absolute Gasteiger partial charge is 0.489 e. The van der Waals surface area contributed by atoms with Gasteiger partial charge in [0.1, 0.15) is 17.1 Å². The summed E-state index contributed by atoms with van der Waals surface area (Å²) in [7, 11) is 0. The minimum absolute atomic E-state index is 0.0519. The van der Waals surface area contributed by atoms with Crippen LogP contribution in [0.25, 0.3) is 11.1 Å². The van der Waals surface area contributed by atoms with Gasteiger partial charge in [-0.3, -0.25) is 9.59 Å². The number of nitrogens with zero attached hydrogens (tertiary/aromatic N) is 2. The van der Waals surface area contributed by atoms with Gasteiger partial charge in [0.15, 0.2) is 5.69 Å². The quantitative estimate of drug-likeness (QED) is 0.530. The number of benzene rings is 2. The van der Waals surface area contributed by atoms with E-state index in [-0.39, 0.29) is 23.6 Å². The van der Waals surface area contributed by atoms with Gasteiger partial charge in [-0.2, -0.15) is 5.10 Å². The summed E-state index contributed by atoms with van der Waals surface area (Å²) in [6, 6.07) is 13.1. The number of carbonyl (C=O) groups is 2. The van der Waals surface area contributed by atoms with Gasteiger partial charge in [0.05, 0.1) is 37.6 Å². The molecule has 2 aliphatic heterocycles. The van der Waals surface area contributed by atoms with Crippen molar-refractivity contribution in [3.8, 4) is 22.6 Å². The summed E-state index contributed by atoms with van der Waals surface area (Å²) >= 11 is 0. The molecule has 1 spiro atoms. The van der Waals surface area contributed by atoms with E-state index in [9.17, 15) is 9.59 Å². The molecule has 0 atom stereocenters. The van der Waals surface area contributed by atoms with Gasteiger partial charge >= 0.3 is 0 Å². The molecule has 9 nitrogen and oxygen atoms in total. The third-order valence-electron chi connectivity index (χ3n) is 6.96. The average Bonchev–Trinajstić information content (AvgIpc) is 3.72. The summed E-state index contributed by atoms with van der Waals surface area (Å²) in [6.45, 7) is 3.16. The van der Waals surface area contributed by atoms with E-state index in [2.05, 4.69) is 20.8 Å². The Hall–Kier alpha value is -3.98. The minimum Gasteiger partial charge on any atom is -0.489 e. The summed E-state index contributed by atoms with van der Waals surface area (Å²) in [5.74, 6) is 0.774. The van der Waals surface area contributed by atoms with Crippen LogP contribution in [0.5, 0.6) is 11.5 Å². The topological polar surface area (TPSA) is 112 Å². The van der Waals surface area contributed by atoms with Crippen molar-refractivity contribution in [2.75, 3.05) is 23.8 Å². The zero-order chi connectivity index (χ0) is 25.4. The highest BCUT2D eigenvalue weighted by Gasteiger charge is 2.40. The summed E-state index contributed by atoms with van der Waals surface area (Å²) in [4.78, 5) is 25.5. The lowest BCUT2D eigenvalue weighted by Crippen LogP contribution is -2.43. The first kappa shape index (κ1) is 23.4. The predicted octanol–water partition coefficient (Wildman–Crippen LogP) is 4.52. The third-order valence-corrected chi connectivity index (χ3v) is 6.96. The number of rotatable bonds is 5. The van der Waals surface area contributed by atoms with Crippen molar-refractivity contribution in [3.63, 3.8) is 0 Å². The Morgan fingerprint density at radius 3 is 2.78 bits per heavy atom. The highest BCUT2D eigenvalue weighted by atomic mass is 16.5. The van der Waals surface area contributed by atoms with Crippen LogP contribution in [0.1, 0.15) is 48.2 Å². The molecule has 2 N–H and O–H groups in total. The second kappa shape index (κ2) is 9.48. The van der Waals surface area contributed by atoms with Gasteiger partial charge in [-0.05, 0) is 60.7 Å². The van der Waals surface area contributed by atoms with E-state index in [1.54, 1.807) is 6.07 Å². The van der Waals surface area contributed by atoms with Crippen molar-refractivity contribution in [2.24, 2.45) is 0 Å². The molecule has 0 unspecified atom stereocenters. The van der Waals surface area contributed by atoms with Crippen LogP contribution in [0.3, 0.4) is 0 Å². The number of ether oxygens (including phenoxy) is 3. The molecule has 2 amide bonds. The molecule has 0 bridgehead atoms. The van der Waals surface area contributed by atoms with Crippen LogP contribution in [0.4, 0.5) is 11.4 Å². The fourth-order valence-corrected chi connectivity index (χ4v) is 4.76. The maximum Gasteiger partial charge on any atom is 0.276 e. The average molecular weight is 501 g/mol. The van der Waals surface area contributed by atoms with Crippen LogP contribution in [0, 0.1) is 6.92 Å². The van der Waals surface area contributed by atoms with E-state index in [0.717, 1.165) is 29.5 Å². The summed E-state index contributed by atoms with van der Waals surface area (Å²) in [5.41, 5.74) is 3.82. The molecule has 2 aromatic carbocycles. The van der Waals surface area contributed by atoms with Gasteiger partial charge in [-0.25, -0.2) is 0 Å². The van der Waals surface area contributed by atoms with Gasteiger partial charge in [0.2, 0.25) is 5.91 Å². The van der Waals surface area contributed by atoms with Crippen LogP contribution in [-0.4, -0.2) is 46.9 Å². The molecule has 1 aromatic heterocycles. The van der Waals surface area contributed by atoms with E-state index in [0.29, 0.717) is 55.4 Å². The van der Waals surface area contributed by atoms with Gasteiger partial charge < -0.3 is 24.8 Å². The number of amides is 2. The van der Waals surface area contributed by atoms with E-state index in [1.165, 1.54) is 6.20 Å². The Bertz CT molecular complexity index is 1360. The van der Waals surface area contributed by atoms with Crippen molar-refractivity contribution in [1.29, 1.82) is 0 Å². The fraction of sp³-hybridized carbons (Fsp3) is 0.357. The Morgan fingerprint density at radius 2 is 1.97 bits per heavy atom. The van der Waals surface area contributed by atoms with Crippen LogP contribution >= 0.6 is 0 Å². The lowest BCUT2D eigenvalue weighted by molar-refractivity contribution is -0.122. The second-order valence-corrected chi connectivity index (χ2v) is 9.91. The number of aryl methyl sites for hydroxylation is 1. The van der Waals surface area contributed by atoms with Gasteiger partial charge in [-0.1, -0.05) is 12.1 Å². The molecule has 0 radical (unpaired) electrons. The molecular weight excluding hydrogens is 472 g/mol. The van der Waals surface area contributed by atoms with Gasteiger partial charge in [-0.15, -0.1) is 5.10 Å². The minimum atomic E-state index is -0.560. The standard InChI is InChI=1S/C28H28N4O5/c1-17-2-4-19(30-27(34)24-14-21(16-29-32-24)36-20-5-6-20)13-22(17)18-3-7-23-25(12-18)37-28(15-26(33)31-23)8-10-35-11-9-28/h2-4,7,12-14,16,20H,5-6,8-11,15H2,1H3,(H,30,34)(H,31,33). The second-order valence-electron chi connectivity index (χ2n) is 9.91. The smallest absolute Gasteiger partial charge is 0.276 e. The van der Waals surface area contributed by atoms with E-state index >= 15 is 0 Å². The molecule has 6 rings (SSSR count). The van der Waals surface area contributed by atoms with Gasteiger partial charge in [0.25, 0.3) is 5.91 Å². The zero-order valence-electron chi connectivity index (χ0n) is 20.6. The number of carbonyl (C=O) groups excluding carboxylic acids is 2. The molecule has 3 heterocycles. The highest BCUT2D eigenvalue weighted by Crippen LogP contribution is 2.41. The normalized spacial score (nSPS) is 18.2. The van der Waals surface area contributed by atoms with Crippen LogP contribution in [-0.2, 0) is 9.53 Å². The first-order valence-electron chi connectivity index (χ1n) is 12.6. The molecule has 1 saturated heterocycles. The molecule has 37 heavy (non-hydrogen) atoms. The maximum atomic E-state index is 12.9. The van der Waals surface area contributed by atoms with E-state index in [1.807, 2.05) is 43.3 Å². The van der Waals surface area contributed by atoms with E-state index < -0.39 is 5.60 Å². The lowest BCUT2D eigenvalue weighted by Gasteiger charge is -2.35. The van der Waals surface area contributed by atoms with Crippen molar-refractivity contribution in [1.82, 2.24) is 10.2 Å². The Kier molecular flexibility index (Phi) is 6.00. The van der Waals surface area contributed by atoms with Crippen LogP contribution in [0.2, 0.25) is 0 Å². The number of fused-ring (bicyclic) bond motifs is 1. The first-order chi connectivity index (χ1) is 18.0. The van der Waals surface area contributed by atoms with E-state index in [4.69, 9.17) is 14.2 Å². The molecule has 190 valence electrons. The first-order valence-corrected chi connectivity index (χ1v) is 12.6. The Balaban J connectivity index is 1.26. The maximum absolute atomic E-state index is 12.9. The summed E-state index contributed by atoms with van der Waals surface area (Å²) in [5, 5.41) is 13.8. The predicted molar refractivity (Wildman–Crippen MR) is 137 cm³/mol. The van der Waals surface area contributed by atoms with Crippen molar-refractivity contribution in [2.45, 2.75) is 50.7 Å². The summed E-state index contributed by atoms with van der Waals surface area (Å²) in [6.07, 6.45) is 5.40. The molecule has 3 aliphatic rings.